The zero-order chi connectivity index (χ0) is 12.6. The number of hydrogen-bond donors (Lipinski definition) is 0. The maximum absolute atomic E-state index is 11.8. The lowest BCUT2D eigenvalue weighted by molar-refractivity contribution is 0.579. The lowest BCUT2D eigenvalue weighted by Gasteiger charge is -2.41. The first-order valence-electron chi connectivity index (χ1n) is 5.78. The maximum Gasteiger partial charge on any atom is 0.232 e. The second-order valence-corrected chi connectivity index (χ2v) is 6.32. The molecular formula is C12H18N2O2S. The average Bonchev–Trinajstić information content (AvgIpc) is 2.27. The summed E-state index contributed by atoms with van der Waals surface area (Å²) in [5, 5.41) is 0. The number of para-hydroxylation sites is 2. The van der Waals surface area contributed by atoms with Crippen molar-refractivity contribution in [1.82, 2.24) is 0 Å². The lowest BCUT2D eigenvalue weighted by atomic mass is 10.1. The minimum absolute atomic E-state index is 0.199. The number of anilines is 2. The molecule has 2 rings (SSSR count). The van der Waals surface area contributed by atoms with Crippen molar-refractivity contribution in [3.8, 4) is 0 Å². The van der Waals surface area contributed by atoms with Crippen LogP contribution in [0.1, 0.15) is 13.8 Å². The molecule has 0 saturated heterocycles. The van der Waals surface area contributed by atoms with Crippen LogP contribution in [0.3, 0.4) is 0 Å². The zero-order valence-corrected chi connectivity index (χ0v) is 11.2. The summed E-state index contributed by atoms with van der Waals surface area (Å²) in [7, 11) is -3.20. The Morgan fingerprint density at radius 2 is 1.88 bits per heavy atom. The summed E-state index contributed by atoms with van der Waals surface area (Å²) < 4.78 is 25.1. The summed E-state index contributed by atoms with van der Waals surface area (Å²) in [4.78, 5) is 2.23. The van der Waals surface area contributed by atoms with Gasteiger partial charge in [0.05, 0.1) is 24.2 Å². The Kier molecular flexibility index (Phi) is 3.03. The molecule has 0 aromatic heterocycles. The molecule has 1 aromatic carbocycles. The Hall–Kier alpha value is -1.23. The first kappa shape index (κ1) is 12.2. The van der Waals surface area contributed by atoms with Gasteiger partial charge in [-0.1, -0.05) is 12.1 Å². The molecule has 17 heavy (non-hydrogen) atoms. The number of fused-ring (bicyclic) bond motifs is 1. The summed E-state index contributed by atoms with van der Waals surface area (Å²) >= 11 is 0. The Balaban J connectivity index is 2.56. The molecule has 1 atom stereocenters. The van der Waals surface area contributed by atoms with Crippen LogP contribution in [0.5, 0.6) is 0 Å². The maximum atomic E-state index is 11.8. The molecule has 1 aliphatic rings. The van der Waals surface area contributed by atoms with Gasteiger partial charge in [-0.25, -0.2) is 8.42 Å². The molecule has 1 aromatic rings. The highest BCUT2D eigenvalue weighted by molar-refractivity contribution is 7.92. The van der Waals surface area contributed by atoms with Gasteiger partial charge in [-0.2, -0.15) is 0 Å². The predicted molar refractivity (Wildman–Crippen MR) is 71.1 cm³/mol. The molecule has 0 aliphatic carbocycles. The van der Waals surface area contributed by atoms with Crippen LogP contribution in [0.4, 0.5) is 11.4 Å². The SMILES string of the molecule is CCN1c2ccccc2N(S(C)(=O)=O)CC1C. The van der Waals surface area contributed by atoms with Gasteiger partial charge in [0, 0.05) is 12.6 Å². The van der Waals surface area contributed by atoms with Crippen LogP contribution in [0, 0.1) is 0 Å². The van der Waals surface area contributed by atoms with Crippen LogP contribution in [0.15, 0.2) is 24.3 Å². The number of hydrogen-bond acceptors (Lipinski definition) is 3. The van der Waals surface area contributed by atoms with Gasteiger partial charge >= 0.3 is 0 Å². The van der Waals surface area contributed by atoms with Gasteiger partial charge in [-0.3, -0.25) is 4.31 Å². The fraction of sp³-hybridized carbons (Fsp3) is 0.500. The van der Waals surface area contributed by atoms with E-state index in [1.165, 1.54) is 10.6 Å². The van der Waals surface area contributed by atoms with Gasteiger partial charge in [0.25, 0.3) is 0 Å². The average molecular weight is 254 g/mol. The quantitative estimate of drug-likeness (QED) is 0.806. The first-order chi connectivity index (χ1) is 7.95. The molecule has 1 unspecified atom stereocenters. The molecule has 0 amide bonds. The van der Waals surface area contributed by atoms with Gasteiger partial charge in [-0.15, -0.1) is 0 Å². The predicted octanol–water partition coefficient (Wildman–Crippen LogP) is 1.68. The first-order valence-corrected chi connectivity index (χ1v) is 7.63. The van der Waals surface area contributed by atoms with Crippen LogP contribution < -0.4 is 9.21 Å². The number of sulfonamides is 1. The van der Waals surface area contributed by atoms with E-state index in [1.807, 2.05) is 24.3 Å². The topological polar surface area (TPSA) is 40.6 Å². The van der Waals surface area contributed by atoms with Gasteiger partial charge in [0.15, 0.2) is 0 Å². The zero-order valence-electron chi connectivity index (χ0n) is 10.4. The third-order valence-corrected chi connectivity index (χ3v) is 4.31. The van der Waals surface area contributed by atoms with Crippen molar-refractivity contribution < 1.29 is 8.42 Å². The number of likely N-dealkylation sites (N-methyl/N-ethyl adjacent to an activating group) is 1. The highest BCUT2D eigenvalue weighted by Gasteiger charge is 2.31. The van der Waals surface area contributed by atoms with Gasteiger partial charge in [-0.05, 0) is 26.0 Å². The van der Waals surface area contributed by atoms with E-state index >= 15 is 0 Å². The van der Waals surface area contributed by atoms with Gasteiger partial charge < -0.3 is 4.90 Å². The van der Waals surface area contributed by atoms with Crippen molar-refractivity contribution in [3.05, 3.63) is 24.3 Å². The van der Waals surface area contributed by atoms with E-state index in [0.29, 0.717) is 6.54 Å². The van der Waals surface area contributed by atoms with Crippen molar-refractivity contribution in [2.45, 2.75) is 19.9 Å². The minimum atomic E-state index is -3.20. The monoisotopic (exact) mass is 254 g/mol. The molecule has 0 bridgehead atoms. The van der Waals surface area contributed by atoms with Crippen LogP contribution in [-0.4, -0.2) is 33.8 Å². The molecule has 0 fully saturated rings. The Labute approximate surface area is 103 Å². The van der Waals surface area contributed by atoms with Crippen LogP contribution in [0.2, 0.25) is 0 Å². The summed E-state index contributed by atoms with van der Waals surface area (Å²) in [6.07, 6.45) is 1.26. The Morgan fingerprint density at radius 3 is 2.41 bits per heavy atom. The van der Waals surface area contributed by atoms with E-state index in [2.05, 4.69) is 18.7 Å². The number of nitrogens with zero attached hydrogens (tertiary/aromatic N) is 2. The normalized spacial score (nSPS) is 20.3. The van der Waals surface area contributed by atoms with Gasteiger partial charge in [0.2, 0.25) is 10.0 Å². The molecule has 0 saturated carbocycles. The molecule has 1 aliphatic heterocycles. The largest absolute Gasteiger partial charge is 0.366 e. The van der Waals surface area contributed by atoms with Crippen molar-refractivity contribution in [2.24, 2.45) is 0 Å². The standard InChI is InChI=1S/C12H18N2O2S/c1-4-13-10(2)9-14(17(3,15)16)12-8-6-5-7-11(12)13/h5-8,10H,4,9H2,1-3H3. The fourth-order valence-corrected chi connectivity index (χ4v) is 3.39. The molecule has 0 spiro atoms. The molecule has 0 N–H and O–H groups in total. The second-order valence-electron chi connectivity index (χ2n) is 4.42. The van der Waals surface area contributed by atoms with E-state index < -0.39 is 10.0 Å². The number of rotatable bonds is 2. The highest BCUT2D eigenvalue weighted by atomic mass is 32.2. The lowest BCUT2D eigenvalue weighted by Crippen LogP contribution is -2.49. The highest BCUT2D eigenvalue weighted by Crippen LogP contribution is 2.36. The molecule has 1 heterocycles. The fourth-order valence-electron chi connectivity index (χ4n) is 2.39. The van der Waals surface area contributed by atoms with Crippen molar-refractivity contribution in [2.75, 3.05) is 28.6 Å². The van der Waals surface area contributed by atoms with E-state index in [0.717, 1.165) is 17.9 Å². The van der Waals surface area contributed by atoms with E-state index in [1.54, 1.807) is 0 Å². The number of benzene rings is 1. The molecule has 94 valence electrons. The second kappa shape index (κ2) is 4.22. The smallest absolute Gasteiger partial charge is 0.232 e. The summed E-state index contributed by atoms with van der Waals surface area (Å²) in [6, 6.07) is 7.86. The van der Waals surface area contributed by atoms with Crippen molar-refractivity contribution in [3.63, 3.8) is 0 Å². The van der Waals surface area contributed by atoms with Crippen molar-refractivity contribution >= 4 is 21.4 Å². The minimum Gasteiger partial charge on any atom is -0.366 e. The molecule has 0 radical (unpaired) electrons. The van der Waals surface area contributed by atoms with Crippen LogP contribution in [-0.2, 0) is 10.0 Å². The molecule has 5 heteroatoms. The van der Waals surface area contributed by atoms with E-state index in [-0.39, 0.29) is 6.04 Å². The Bertz CT molecular complexity index is 513. The van der Waals surface area contributed by atoms with E-state index in [9.17, 15) is 8.42 Å². The summed E-state index contributed by atoms with van der Waals surface area (Å²) in [5.41, 5.74) is 1.79. The van der Waals surface area contributed by atoms with E-state index in [4.69, 9.17) is 0 Å². The van der Waals surface area contributed by atoms with Crippen LogP contribution >= 0.6 is 0 Å². The summed E-state index contributed by atoms with van der Waals surface area (Å²) in [6.45, 7) is 5.54. The summed E-state index contributed by atoms with van der Waals surface area (Å²) in [5.74, 6) is 0. The Morgan fingerprint density at radius 1 is 1.29 bits per heavy atom. The molecule has 4 nitrogen and oxygen atoms in total. The third kappa shape index (κ3) is 2.11. The third-order valence-electron chi connectivity index (χ3n) is 3.16. The van der Waals surface area contributed by atoms with Gasteiger partial charge in [0.1, 0.15) is 0 Å². The van der Waals surface area contributed by atoms with Crippen LogP contribution in [0.25, 0.3) is 0 Å². The molecular weight excluding hydrogens is 236 g/mol. The van der Waals surface area contributed by atoms with Crippen molar-refractivity contribution in [1.29, 1.82) is 0 Å².